The maximum absolute atomic E-state index is 13.1. The van der Waals surface area contributed by atoms with Crippen LogP contribution in [-0.2, 0) is 20.8 Å². The standard InChI is InChI=1S/C20H22N4O5/c1-4-29-20(27)15-12-14-17(22-16-8-5-6-9-23(16)19(14)26)24(10-7-11-28-3)18(15)21-13(2)25/h5-6,8-9,12H,4,7,10-11H2,1-3H3. The number of carbonyl (C=O) groups is 2. The number of hydrogen-bond acceptors (Lipinski definition) is 6. The van der Waals surface area contributed by atoms with Crippen LogP contribution in [0.4, 0.5) is 0 Å². The van der Waals surface area contributed by atoms with Crippen molar-refractivity contribution in [2.75, 3.05) is 20.3 Å². The van der Waals surface area contributed by atoms with E-state index in [0.29, 0.717) is 30.9 Å². The minimum Gasteiger partial charge on any atom is -0.462 e. The lowest BCUT2D eigenvalue weighted by Gasteiger charge is -2.14. The Bertz CT molecular complexity index is 1210. The number of ether oxygens (including phenoxy) is 2. The van der Waals surface area contributed by atoms with Crippen molar-refractivity contribution in [1.82, 2.24) is 14.0 Å². The monoisotopic (exact) mass is 398 g/mol. The van der Waals surface area contributed by atoms with E-state index in [2.05, 4.69) is 9.98 Å². The van der Waals surface area contributed by atoms with Crippen LogP contribution < -0.4 is 11.0 Å². The minimum atomic E-state index is -0.660. The second kappa shape index (κ2) is 8.78. The highest BCUT2D eigenvalue weighted by Crippen LogP contribution is 2.12. The van der Waals surface area contributed by atoms with Crippen LogP contribution in [0.3, 0.4) is 0 Å². The Balaban J connectivity index is 2.47. The molecule has 0 aliphatic carbocycles. The van der Waals surface area contributed by atoms with Crippen molar-refractivity contribution >= 4 is 28.6 Å². The topological polar surface area (TPSA) is 104 Å². The summed E-state index contributed by atoms with van der Waals surface area (Å²) in [6, 6.07) is 6.61. The summed E-state index contributed by atoms with van der Waals surface area (Å²) >= 11 is 0. The maximum Gasteiger partial charge on any atom is 0.341 e. The molecule has 0 radical (unpaired) electrons. The van der Waals surface area contributed by atoms with Gasteiger partial charge in [0.15, 0.2) is 5.49 Å². The van der Waals surface area contributed by atoms with Gasteiger partial charge in [0, 0.05) is 33.4 Å². The summed E-state index contributed by atoms with van der Waals surface area (Å²) in [5.74, 6) is -1.14. The average Bonchev–Trinajstić information content (AvgIpc) is 2.69. The molecule has 0 fully saturated rings. The molecule has 9 nitrogen and oxygen atoms in total. The Morgan fingerprint density at radius 3 is 2.76 bits per heavy atom. The average molecular weight is 398 g/mol. The number of carbonyl (C=O) groups excluding carboxylic acids is 2. The van der Waals surface area contributed by atoms with Gasteiger partial charge in [-0.3, -0.25) is 14.0 Å². The largest absolute Gasteiger partial charge is 0.462 e. The quantitative estimate of drug-likeness (QED) is 0.352. The van der Waals surface area contributed by atoms with Crippen LogP contribution in [0.15, 0.2) is 40.2 Å². The molecule has 0 aliphatic rings. The van der Waals surface area contributed by atoms with Gasteiger partial charge < -0.3 is 14.0 Å². The molecule has 0 aliphatic heterocycles. The third-order valence-electron chi connectivity index (χ3n) is 4.28. The van der Waals surface area contributed by atoms with E-state index in [-0.39, 0.29) is 28.6 Å². The number of rotatable bonds is 6. The van der Waals surface area contributed by atoms with Gasteiger partial charge in [0.2, 0.25) is 5.91 Å². The first-order chi connectivity index (χ1) is 14.0. The number of hydrogen-bond donors (Lipinski definition) is 0. The number of pyridine rings is 2. The highest BCUT2D eigenvalue weighted by atomic mass is 16.5. The molecule has 0 saturated carbocycles. The molecular weight excluding hydrogens is 376 g/mol. The van der Waals surface area contributed by atoms with Crippen molar-refractivity contribution < 1.29 is 19.1 Å². The van der Waals surface area contributed by atoms with Crippen molar-refractivity contribution in [2.45, 2.75) is 26.8 Å². The summed E-state index contributed by atoms with van der Waals surface area (Å²) in [6.07, 6.45) is 2.18. The molecule has 3 aromatic rings. The predicted molar refractivity (Wildman–Crippen MR) is 106 cm³/mol. The third-order valence-corrected chi connectivity index (χ3v) is 4.28. The number of aromatic nitrogens is 3. The lowest BCUT2D eigenvalue weighted by Crippen LogP contribution is -2.32. The molecule has 0 N–H and O–H groups in total. The molecule has 0 atom stereocenters. The summed E-state index contributed by atoms with van der Waals surface area (Å²) in [7, 11) is 1.58. The smallest absolute Gasteiger partial charge is 0.341 e. The fourth-order valence-corrected chi connectivity index (χ4v) is 3.09. The molecule has 3 aromatic heterocycles. The van der Waals surface area contributed by atoms with Crippen LogP contribution in [0, 0.1) is 0 Å². The Morgan fingerprint density at radius 2 is 2.07 bits per heavy atom. The molecule has 3 heterocycles. The highest BCUT2D eigenvalue weighted by molar-refractivity contribution is 5.93. The molecule has 0 saturated heterocycles. The number of aryl methyl sites for hydroxylation is 1. The van der Waals surface area contributed by atoms with Gasteiger partial charge in [0.05, 0.1) is 12.0 Å². The lowest BCUT2D eigenvalue weighted by molar-refractivity contribution is -0.116. The molecule has 0 spiro atoms. The van der Waals surface area contributed by atoms with E-state index in [4.69, 9.17) is 9.47 Å². The van der Waals surface area contributed by atoms with E-state index in [1.54, 1.807) is 43.0 Å². The molecule has 0 aromatic carbocycles. The van der Waals surface area contributed by atoms with Crippen molar-refractivity contribution in [3.8, 4) is 0 Å². The SMILES string of the molecule is CCOC(=O)c1cc2c(=O)n3ccccc3nc2n(CCCOC)c1=NC(C)=O. The first kappa shape index (κ1) is 20.4. The summed E-state index contributed by atoms with van der Waals surface area (Å²) in [5.41, 5.74) is 0.619. The van der Waals surface area contributed by atoms with Crippen molar-refractivity contribution in [3.05, 3.63) is 51.9 Å². The van der Waals surface area contributed by atoms with E-state index in [1.165, 1.54) is 17.4 Å². The van der Waals surface area contributed by atoms with Gasteiger partial charge in [-0.2, -0.15) is 4.99 Å². The van der Waals surface area contributed by atoms with E-state index < -0.39 is 11.9 Å². The molecule has 0 unspecified atom stereocenters. The van der Waals surface area contributed by atoms with Gasteiger partial charge in [-0.15, -0.1) is 0 Å². The summed E-state index contributed by atoms with van der Waals surface area (Å²) < 4.78 is 13.3. The van der Waals surface area contributed by atoms with Crippen LogP contribution in [0.5, 0.6) is 0 Å². The Morgan fingerprint density at radius 1 is 1.28 bits per heavy atom. The van der Waals surface area contributed by atoms with Gasteiger partial charge >= 0.3 is 5.97 Å². The molecule has 152 valence electrons. The first-order valence-corrected chi connectivity index (χ1v) is 9.24. The van der Waals surface area contributed by atoms with Crippen molar-refractivity contribution in [1.29, 1.82) is 0 Å². The van der Waals surface area contributed by atoms with E-state index in [1.807, 2.05) is 0 Å². The van der Waals surface area contributed by atoms with Crippen LogP contribution in [0.2, 0.25) is 0 Å². The van der Waals surface area contributed by atoms with E-state index in [9.17, 15) is 14.4 Å². The lowest BCUT2D eigenvalue weighted by atomic mass is 10.2. The van der Waals surface area contributed by atoms with Crippen LogP contribution >= 0.6 is 0 Å². The Hall–Kier alpha value is -3.33. The zero-order chi connectivity index (χ0) is 21.0. The van der Waals surface area contributed by atoms with E-state index >= 15 is 0 Å². The van der Waals surface area contributed by atoms with Gasteiger partial charge in [0.1, 0.15) is 16.9 Å². The third kappa shape index (κ3) is 4.09. The molecule has 9 heteroatoms. The predicted octanol–water partition coefficient (Wildman–Crippen LogP) is 1.31. The molecule has 1 amide bonds. The summed E-state index contributed by atoms with van der Waals surface area (Å²) in [5, 5.41) is 0.233. The molecule has 0 bridgehead atoms. The van der Waals surface area contributed by atoms with Crippen LogP contribution in [-0.4, -0.2) is 46.2 Å². The van der Waals surface area contributed by atoms with Gasteiger partial charge in [-0.25, -0.2) is 9.78 Å². The van der Waals surface area contributed by atoms with Crippen LogP contribution in [0.25, 0.3) is 16.7 Å². The number of amides is 1. The number of methoxy groups -OCH3 is 1. The molecule has 3 rings (SSSR count). The second-order valence-corrected chi connectivity index (χ2v) is 6.31. The van der Waals surface area contributed by atoms with Crippen LogP contribution in [0.1, 0.15) is 30.6 Å². The van der Waals surface area contributed by atoms with Gasteiger partial charge in [-0.1, -0.05) is 6.07 Å². The second-order valence-electron chi connectivity index (χ2n) is 6.31. The number of esters is 1. The minimum absolute atomic E-state index is 0.0433. The summed E-state index contributed by atoms with van der Waals surface area (Å²) in [6.45, 7) is 3.91. The highest BCUT2D eigenvalue weighted by Gasteiger charge is 2.19. The van der Waals surface area contributed by atoms with Crippen molar-refractivity contribution in [3.63, 3.8) is 0 Å². The zero-order valence-electron chi connectivity index (χ0n) is 16.5. The zero-order valence-corrected chi connectivity index (χ0v) is 16.5. The normalized spacial score (nSPS) is 11.9. The Labute approximate surface area is 166 Å². The first-order valence-electron chi connectivity index (χ1n) is 9.24. The fourth-order valence-electron chi connectivity index (χ4n) is 3.09. The van der Waals surface area contributed by atoms with Crippen molar-refractivity contribution in [2.24, 2.45) is 4.99 Å². The fraction of sp³-hybridized carbons (Fsp3) is 0.350. The number of nitrogens with zero attached hydrogens (tertiary/aromatic N) is 4. The Kier molecular flexibility index (Phi) is 6.18. The van der Waals surface area contributed by atoms with Gasteiger partial charge in [-0.05, 0) is 31.5 Å². The number of fused-ring (bicyclic) bond motifs is 2. The maximum atomic E-state index is 13.1. The van der Waals surface area contributed by atoms with Gasteiger partial charge in [0.25, 0.3) is 5.56 Å². The van der Waals surface area contributed by atoms with E-state index in [0.717, 1.165) is 0 Å². The summed E-state index contributed by atoms with van der Waals surface area (Å²) in [4.78, 5) is 46.1. The molecule has 29 heavy (non-hydrogen) atoms. The molecular formula is C20H22N4O5.